The number of nitrogens with zero attached hydrogens (tertiary/aromatic N) is 2. The van der Waals surface area contributed by atoms with Crippen molar-refractivity contribution in [3.63, 3.8) is 0 Å². The lowest BCUT2D eigenvalue weighted by Gasteiger charge is -2.20. The Balaban J connectivity index is 1.58. The maximum atomic E-state index is 4.86. The van der Waals surface area contributed by atoms with Crippen LogP contribution < -0.4 is 15.9 Å². The van der Waals surface area contributed by atoms with E-state index in [-0.39, 0.29) is 0 Å². The van der Waals surface area contributed by atoms with Gasteiger partial charge in [0.05, 0.1) is 5.69 Å². The maximum absolute atomic E-state index is 4.86. The van der Waals surface area contributed by atoms with Gasteiger partial charge in [0.25, 0.3) is 0 Å². The van der Waals surface area contributed by atoms with Gasteiger partial charge in [0.2, 0.25) is 0 Å². The molecule has 0 aliphatic heterocycles. The van der Waals surface area contributed by atoms with Crippen LogP contribution in [-0.2, 0) is 0 Å². The normalized spacial score (nSPS) is 10.9. The van der Waals surface area contributed by atoms with Crippen LogP contribution in [0.25, 0.3) is 22.6 Å². The highest BCUT2D eigenvalue weighted by atomic mass is 31.1. The van der Waals surface area contributed by atoms with Crippen molar-refractivity contribution in [2.45, 2.75) is 0 Å². The van der Waals surface area contributed by atoms with Gasteiger partial charge >= 0.3 is 0 Å². The second-order valence-electron chi connectivity index (χ2n) is 7.19. The summed E-state index contributed by atoms with van der Waals surface area (Å²) in [5, 5.41) is 3.99. The Morgan fingerprint density at radius 1 is 0.484 bits per heavy atom. The number of benzene rings is 4. The zero-order valence-electron chi connectivity index (χ0n) is 17.0. The van der Waals surface area contributed by atoms with Gasteiger partial charge in [-0.25, -0.2) is 9.97 Å². The Morgan fingerprint density at radius 3 is 1.68 bits per heavy atom. The van der Waals surface area contributed by atoms with Gasteiger partial charge in [-0.3, -0.25) is 0 Å². The summed E-state index contributed by atoms with van der Waals surface area (Å²) in [6, 6.07) is 42.4. The van der Waals surface area contributed by atoms with Crippen LogP contribution in [0.5, 0.6) is 0 Å². The molecule has 0 radical (unpaired) electrons. The van der Waals surface area contributed by atoms with Crippen molar-refractivity contribution in [2.24, 2.45) is 0 Å². The topological polar surface area (TPSA) is 25.8 Å². The second-order valence-corrected chi connectivity index (χ2v) is 9.41. The summed E-state index contributed by atoms with van der Waals surface area (Å²) in [5.74, 6) is 0.747. The molecule has 0 saturated heterocycles. The van der Waals surface area contributed by atoms with Crippen LogP contribution in [0.2, 0.25) is 0 Å². The molecule has 0 atom stereocenters. The fourth-order valence-electron chi connectivity index (χ4n) is 3.65. The summed E-state index contributed by atoms with van der Waals surface area (Å²) in [5.41, 5.74) is 3.07. The Kier molecular flexibility index (Phi) is 5.64. The van der Waals surface area contributed by atoms with E-state index in [2.05, 4.69) is 89.9 Å². The fourth-order valence-corrected chi connectivity index (χ4v) is 5.99. The Hall–Kier alpha value is -3.61. The van der Waals surface area contributed by atoms with E-state index >= 15 is 0 Å². The molecule has 0 saturated carbocycles. The van der Waals surface area contributed by atoms with Gasteiger partial charge in [0.15, 0.2) is 5.82 Å². The van der Waals surface area contributed by atoms with Crippen LogP contribution in [0, 0.1) is 0 Å². The summed E-state index contributed by atoms with van der Waals surface area (Å²) < 4.78 is 0. The first kappa shape index (κ1) is 19.4. The maximum Gasteiger partial charge on any atom is 0.159 e. The number of aromatic nitrogens is 2. The molecule has 3 heteroatoms. The molecular weight excluding hydrogens is 395 g/mol. The Morgan fingerprint density at radius 2 is 1.03 bits per heavy atom. The zero-order chi connectivity index (χ0) is 20.9. The van der Waals surface area contributed by atoms with E-state index in [0.717, 1.165) is 22.6 Å². The van der Waals surface area contributed by atoms with E-state index in [9.17, 15) is 0 Å². The highest BCUT2D eigenvalue weighted by Gasteiger charge is 2.17. The molecule has 5 aromatic rings. The molecule has 5 rings (SSSR count). The highest BCUT2D eigenvalue weighted by molar-refractivity contribution is 7.79. The van der Waals surface area contributed by atoms with Crippen molar-refractivity contribution in [1.82, 2.24) is 9.97 Å². The molecule has 0 spiro atoms. The van der Waals surface area contributed by atoms with Crippen molar-refractivity contribution >= 4 is 23.8 Å². The molecule has 4 aromatic carbocycles. The van der Waals surface area contributed by atoms with Crippen molar-refractivity contribution in [1.29, 1.82) is 0 Å². The minimum Gasteiger partial charge on any atom is -0.237 e. The molecule has 0 aliphatic carbocycles. The van der Waals surface area contributed by atoms with Crippen molar-refractivity contribution in [3.8, 4) is 22.6 Å². The van der Waals surface area contributed by atoms with Crippen molar-refractivity contribution < 1.29 is 0 Å². The predicted molar refractivity (Wildman–Crippen MR) is 132 cm³/mol. The average molecular weight is 416 g/mol. The lowest BCUT2D eigenvalue weighted by atomic mass is 10.1. The summed E-state index contributed by atoms with van der Waals surface area (Å²) in [6.07, 6.45) is 1.84. The minimum absolute atomic E-state index is 0.647. The molecule has 31 heavy (non-hydrogen) atoms. The third-order valence-corrected chi connectivity index (χ3v) is 7.54. The molecule has 1 aromatic heterocycles. The van der Waals surface area contributed by atoms with E-state index in [4.69, 9.17) is 4.98 Å². The van der Waals surface area contributed by atoms with Gasteiger partial charge in [-0.15, -0.1) is 0 Å². The second kappa shape index (κ2) is 9.04. The van der Waals surface area contributed by atoms with E-state index in [1.165, 1.54) is 15.9 Å². The Bertz CT molecular complexity index is 1230. The summed E-state index contributed by atoms with van der Waals surface area (Å²) >= 11 is 0. The van der Waals surface area contributed by atoms with Crippen LogP contribution in [0.4, 0.5) is 0 Å². The van der Waals surface area contributed by atoms with Crippen LogP contribution >= 0.6 is 7.92 Å². The molecule has 0 unspecified atom stereocenters. The molecule has 2 nitrogen and oxygen atoms in total. The Labute approximate surface area is 184 Å². The summed E-state index contributed by atoms with van der Waals surface area (Å²) in [6.45, 7) is 0. The smallest absolute Gasteiger partial charge is 0.159 e. The van der Waals surface area contributed by atoms with Gasteiger partial charge in [-0.2, -0.15) is 0 Å². The van der Waals surface area contributed by atoms with E-state index in [1.807, 2.05) is 42.6 Å². The first-order chi connectivity index (χ1) is 15.4. The number of rotatable bonds is 5. The predicted octanol–water partition coefficient (Wildman–Crippen LogP) is 5.57. The van der Waals surface area contributed by atoms with Gasteiger partial charge in [-0.1, -0.05) is 109 Å². The molecule has 0 amide bonds. The fraction of sp³-hybridized carbons (Fsp3) is 0. The molecular formula is C28H21N2P. The zero-order valence-corrected chi connectivity index (χ0v) is 17.9. The van der Waals surface area contributed by atoms with Gasteiger partial charge < -0.3 is 0 Å². The van der Waals surface area contributed by atoms with Gasteiger partial charge in [0.1, 0.15) is 0 Å². The van der Waals surface area contributed by atoms with E-state index in [0.29, 0.717) is 0 Å². The molecule has 0 bridgehead atoms. The first-order valence-electron chi connectivity index (χ1n) is 10.3. The van der Waals surface area contributed by atoms with Crippen LogP contribution in [0.3, 0.4) is 0 Å². The third-order valence-electron chi connectivity index (χ3n) is 5.12. The van der Waals surface area contributed by atoms with E-state index in [1.54, 1.807) is 0 Å². The number of hydrogen-bond donors (Lipinski definition) is 0. The standard InChI is InChI=1S/C28H21N2P/c1-4-11-22(12-5-1)28-29-20-19-27(30-28)23-13-10-18-26(21-23)31(24-14-6-2-7-15-24)25-16-8-3-9-17-25/h1-21H. The van der Waals surface area contributed by atoms with Crippen molar-refractivity contribution in [2.75, 3.05) is 0 Å². The molecule has 1 heterocycles. The largest absolute Gasteiger partial charge is 0.237 e. The monoisotopic (exact) mass is 416 g/mol. The quantitative estimate of drug-likeness (QED) is 0.350. The molecule has 0 N–H and O–H groups in total. The minimum atomic E-state index is -0.647. The highest BCUT2D eigenvalue weighted by Crippen LogP contribution is 2.34. The molecule has 0 aliphatic rings. The van der Waals surface area contributed by atoms with E-state index < -0.39 is 7.92 Å². The average Bonchev–Trinajstić information content (AvgIpc) is 2.86. The van der Waals surface area contributed by atoms with Crippen LogP contribution in [-0.4, -0.2) is 9.97 Å². The SMILES string of the molecule is c1ccc(-c2nccc(-c3cccc(P(c4ccccc4)c4ccccc4)c3)n2)cc1. The lowest BCUT2D eigenvalue weighted by molar-refractivity contribution is 1.18. The van der Waals surface area contributed by atoms with Crippen LogP contribution in [0.1, 0.15) is 0 Å². The van der Waals surface area contributed by atoms with Crippen molar-refractivity contribution in [3.05, 3.63) is 128 Å². The third kappa shape index (κ3) is 4.30. The molecule has 0 fully saturated rings. The lowest BCUT2D eigenvalue weighted by Crippen LogP contribution is -2.20. The summed E-state index contributed by atoms with van der Waals surface area (Å²) in [4.78, 5) is 9.34. The molecule has 148 valence electrons. The van der Waals surface area contributed by atoms with Gasteiger partial charge in [0, 0.05) is 17.3 Å². The van der Waals surface area contributed by atoms with Crippen LogP contribution in [0.15, 0.2) is 128 Å². The summed E-state index contributed by atoms with van der Waals surface area (Å²) in [7, 11) is -0.647. The first-order valence-corrected chi connectivity index (χ1v) is 11.6. The number of hydrogen-bond acceptors (Lipinski definition) is 2. The van der Waals surface area contributed by atoms with Gasteiger partial charge in [-0.05, 0) is 36.0 Å².